The zero-order valence-corrected chi connectivity index (χ0v) is 18.3. The van der Waals surface area contributed by atoms with Crippen LogP contribution in [0, 0.1) is 5.82 Å². The molecule has 0 atom stereocenters. The third kappa shape index (κ3) is 4.32. The summed E-state index contributed by atoms with van der Waals surface area (Å²) >= 11 is 0. The van der Waals surface area contributed by atoms with E-state index < -0.39 is 0 Å². The Morgan fingerprint density at radius 3 is 2.25 bits per heavy atom. The predicted molar refractivity (Wildman–Crippen MR) is 124 cm³/mol. The van der Waals surface area contributed by atoms with Crippen molar-refractivity contribution < 1.29 is 14.6 Å². The van der Waals surface area contributed by atoms with E-state index in [4.69, 9.17) is 0 Å². The van der Waals surface area contributed by atoms with Crippen LogP contribution in [0.2, 0.25) is 0 Å². The quantitative estimate of drug-likeness (QED) is 0.611. The molecule has 2 aromatic carbocycles. The van der Waals surface area contributed by atoms with Crippen LogP contribution in [0.15, 0.2) is 54.6 Å². The first-order valence-electron chi connectivity index (χ1n) is 11.5. The van der Waals surface area contributed by atoms with Crippen LogP contribution in [0.5, 0.6) is 11.8 Å². The molecule has 2 N–H and O–H groups in total. The molecule has 6 heteroatoms. The predicted octanol–water partition coefficient (Wildman–Crippen LogP) is 4.16. The van der Waals surface area contributed by atoms with E-state index in [9.17, 15) is 14.6 Å². The van der Waals surface area contributed by atoms with Gasteiger partial charge in [-0.25, -0.2) is 4.39 Å². The molecule has 0 aliphatic carbocycles. The number of aromatic hydroxyl groups is 2. The lowest BCUT2D eigenvalue weighted by atomic mass is 10.0. The van der Waals surface area contributed by atoms with E-state index in [0.29, 0.717) is 12.6 Å². The molecule has 0 amide bonds. The number of hydrogen-bond donors (Lipinski definition) is 2. The van der Waals surface area contributed by atoms with E-state index in [2.05, 4.69) is 28.0 Å². The molecule has 1 fully saturated rings. The lowest BCUT2D eigenvalue weighted by Crippen LogP contribution is -2.45. The van der Waals surface area contributed by atoms with Gasteiger partial charge in [-0.15, -0.1) is 0 Å². The Morgan fingerprint density at radius 2 is 1.53 bits per heavy atom. The van der Waals surface area contributed by atoms with Crippen molar-refractivity contribution in [2.24, 2.45) is 0 Å². The highest BCUT2D eigenvalue weighted by molar-refractivity contribution is 5.60. The largest absolute Gasteiger partial charge is 0.494 e. The van der Waals surface area contributed by atoms with E-state index in [1.165, 1.54) is 33.5 Å². The number of likely N-dealkylation sites (tertiary alicyclic amines) is 1. The minimum Gasteiger partial charge on any atom is -0.494 e. The van der Waals surface area contributed by atoms with E-state index in [-0.39, 0.29) is 17.6 Å². The highest BCUT2D eigenvalue weighted by Crippen LogP contribution is 2.34. The first kappa shape index (κ1) is 20.9. The number of fused-ring (bicyclic) bond motifs is 1. The number of halogens is 1. The second kappa shape index (κ2) is 8.87. The third-order valence-corrected chi connectivity index (χ3v) is 6.98. The minimum absolute atomic E-state index is 0.0767. The van der Waals surface area contributed by atoms with Gasteiger partial charge in [-0.2, -0.15) is 0 Å². The number of rotatable bonds is 6. The number of benzene rings is 2. The molecule has 0 bridgehead atoms. The fourth-order valence-electron chi connectivity index (χ4n) is 5.11. The molecule has 5 nitrogen and oxygen atoms in total. The Kier molecular flexibility index (Phi) is 5.79. The number of anilines is 1. The van der Waals surface area contributed by atoms with E-state index >= 15 is 0 Å². The van der Waals surface area contributed by atoms with E-state index in [1.807, 2.05) is 12.1 Å². The van der Waals surface area contributed by atoms with Crippen LogP contribution in [0.25, 0.3) is 0 Å². The minimum atomic E-state index is -0.175. The molecule has 0 unspecified atom stereocenters. The van der Waals surface area contributed by atoms with E-state index in [0.717, 1.165) is 57.4 Å². The SMILES string of the molecule is Oc1ccc(O)n1Cc1ccc2c(c1)N(C1CCN(CCc3ccc(F)cc3)CC1)CC2. The summed E-state index contributed by atoms with van der Waals surface area (Å²) in [5, 5.41) is 19.9. The van der Waals surface area contributed by atoms with Crippen molar-refractivity contribution in [1.29, 1.82) is 0 Å². The van der Waals surface area contributed by atoms with Gasteiger partial charge in [-0.3, -0.25) is 4.57 Å². The van der Waals surface area contributed by atoms with Gasteiger partial charge in [0.1, 0.15) is 5.82 Å². The van der Waals surface area contributed by atoms with Gasteiger partial charge in [0.25, 0.3) is 0 Å². The van der Waals surface area contributed by atoms with Crippen molar-refractivity contribution in [2.45, 2.75) is 38.3 Å². The van der Waals surface area contributed by atoms with Gasteiger partial charge in [0.15, 0.2) is 11.8 Å². The molecule has 0 saturated carbocycles. The standard InChI is InChI=1S/C26H30FN3O2/c27-22-5-2-19(3-6-22)9-13-28-14-11-23(12-15-28)29-16-10-21-4-1-20(17-24(21)29)18-30-25(31)7-8-26(30)32/h1-8,17,23,31-32H,9-16,18H2. The molecule has 3 aromatic rings. The lowest BCUT2D eigenvalue weighted by Gasteiger charge is -2.38. The van der Waals surface area contributed by atoms with Gasteiger partial charge in [-0.1, -0.05) is 24.3 Å². The Bertz CT molecular complexity index is 1050. The van der Waals surface area contributed by atoms with Crippen LogP contribution in [-0.2, 0) is 19.4 Å². The summed E-state index contributed by atoms with van der Waals surface area (Å²) in [6, 6.07) is 16.9. The zero-order chi connectivity index (χ0) is 22.1. The molecular weight excluding hydrogens is 405 g/mol. The Morgan fingerprint density at radius 1 is 0.844 bits per heavy atom. The van der Waals surface area contributed by atoms with E-state index in [1.54, 1.807) is 12.1 Å². The topological polar surface area (TPSA) is 51.9 Å². The lowest BCUT2D eigenvalue weighted by molar-refractivity contribution is 0.212. The second-order valence-electron chi connectivity index (χ2n) is 8.99. The van der Waals surface area contributed by atoms with Gasteiger partial charge in [0.2, 0.25) is 0 Å². The molecular formula is C26H30FN3O2. The molecule has 168 valence electrons. The van der Waals surface area contributed by atoms with Crippen LogP contribution in [0.1, 0.15) is 29.5 Å². The van der Waals surface area contributed by atoms with Crippen molar-refractivity contribution in [1.82, 2.24) is 9.47 Å². The fraction of sp³-hybridized carbons (Fsp3) is 0.385. The summed E-state index contributed by atoms with van der Waals surface area (Å²) in [6.45, 7) is 4.70. The van der Waals surface area contributed by atoms with Crippen LogP contribution in [0.3, 0.4) is 0 Å². The second-order valence-corrected chi connectivity index (χ2v) is 8.99. The summed E-state index contributed by atoms with van der Waals surface area (Å²) in [5.41, 5.74) is 4.95. The normalized spacial score (nSPS) is 17.1. The average molecular weight is 436 g/mol. The summed E-state index contributed by atoms with van der Waals surface area (Å²) in [4.78, 5) is 5.08. The Balaban J connectivity index is 1.20. The maximum Gasteiger partial charge on any atom is 0.194 e. The van der Waals surface area contributed by atoms with Crippen molar-refractivity contribution in [3.05, 3.63) is 77.1 Å². The van der Waals surface area contributed by atoms with Gasteiger partial charge in [0, 0.05) is 50.0 Å². The van der Waals surface area contributed by atoms with Crippen molar-refractivity contribution in [2.75, 3.05) is 31.1 Å². The zero-order valence-electron chi connectivity index (χ0n) is 18.3. The molecule has 5 rings (SSSR count). The molecule has 32 heavy (non-hydrogen) atoms. The van der Waals surface area contributed by atoms with Crippen molar-refractivity contribution >= 4 is 5.69 Å². The van der Waals surface area contributed by atoms with Crippen LogP contribution in [-0.4, -0.2) is 51.9 Å². The smallest absolute Gasteiger partial charge is 0.194 e. The van der Waals surface area contributed by atoms with Crippen LogP contribution < -0.4 is 4.90 Å². The molecule has 1 saturated heterocycles. The first-order chi connectivity index (χ1) is 15.6. The first-order valence-corrected chi connectivity index (χ1v) is 11.5. The van der Waals surface area contributed by atoms with Crippen LogP contribution >= 0.6 is 0 Å². The molecule has 1 aromatic heterocycles. The van der Waals surface area contributed by atoms with Gasteiger partial charge in [0.05, 0.1) is 6.54 Å². The number of hydrogen-bond acceptors (Lipinski definition) is 4. The summed E-state index contributed by atoms with van der Waals surface area (Å²) in [7, 11) is 0. The summed E-state index contributed by atoms with van der Waals surface area (Å²) in [6.07, 6.45) is 4.32. The molecule has 0 radical (unpaired) electrons. The molecule has 2 aliphatic rings. The summed E-state index contributed by atoms with van der Waals surface area (Å²) in [5.74, 6) is -0.0219. The number of piperidine rings is 1. The highest BCUT2D eigenvalue weighted by Gasteiger charge is 2.29. The average Bonchev–Trinajstić information content (AvgIpc) is 3.37. The monoisotopic (exact) mass is 435 g/mol. The van der Waals surface area contributed by atoms with Crippen molar-refractivity contribution in [3.63, 3.8) is 0 Å². The Hall–Kier alpha value is -2.99. The third-order valence-electron chi connectivity index (χ3n) is 6.98. The van der Waals surface area contributed by atoms with Gasteiger partial charge < -0.3 is 20.0 Å². The number of aromatic nitrogens is 1. The van der Waals surface area contributed by atoms with Crippen LogP contribution in [0.4, 0.5) is 10.1 Å². The van der Waals surface area contributed by atoms with Gasteiger partial charge >= 0.3 is 0 Å². The maximum atomic E-state index is 13.1. The van der Waals surface area contributed by atoms with Gasteiger partial charge in [-0.05, 0) is 60.6 Å². The van der Waals surface area contributed by atoms with Crippen molar-refractivity contribution in [3.8, 4) is 11.8 Å². The fourth-order valence-corrected chi connectivity index (χ4v) is 5.11. The maximum absolute atomic E-state index is 13.1. The Labute approximate surface area is 188 Å². The molecule has 3 heterocycles. The molecule has 0 spiro atoms. The highest BCUT2D eigenvalue weighted by atomic mass is 19.1. The number of nitrogens with zero attached hydrogens (tertiary/aromatic N) is 3. The summed E-state index contributed by atoms with van der Waals surface area (Å²) < 4.78 is 14.6. The molecule has 2 aliphatic heterocycles.